The second-order valence-electron chi connectivity index (χ2n) is 13.9. The molecule has 2 heteroatoms. The number of nitriles is 2. The maximum atomic E-state index is 10.0. The molecule has 0 bridgehead atoms. The van der Waals surface area contributed by atoms with Gasteiger partial charge in [0.1, 0.15) is 0 Å². The molecular formula is C42H30N2. The van der Waals surface area contributed by atoms with Crippen molar-refractivity contribution in [3.63, 3.8) is 0 Å². The van der Waals surface area contributed by atoms with Crippen LogP contribution in [0.1, 0.15) is 72.2 Å². The van der Waals surface area contributed by atoms with E-state index in [1.807, 2.05) is 12.1 Å². The Labute approximate surface area is 257 Å². The highest BCUT2D eigenvalue weighted by Gasteiger charge is 2.41. The van der Waals surface area contributed by atoms with E-state index in [0.29, 0.717) is 0 Å². The normalized spacial score (nSPS) is 15.9. The number of benzene rings is 6. The van der Waals surface area contributed by atoms with E-state index in [9.17, 15) is 10.5 Å². The number of hydrogen-bond donors (Lipinski definition) is 0. The lowest BCUT2D eigenvalue weighted by molar-refractivity contribution is 0.657. The monoisotopic (exact) mass is 562 g/mol. The van der Waals surface area contributed by atoms with E-state index in [4.69, 9.17) is 0 Å². The molecule has 0 N–H and O–H groups in total. The first-order valence-electron chi connectivity index (χ1n) is 15.5. The summed E-state index contributed by atoms with van der Waals surface area (Å²) in [6.45, 7) is 9.24. The van der Waals surface area contributed by atoms with E-state index < -0.39 is 0 Å². The zero-order chi connectivity index (χ0) is 30.1. The van der Waals surface area contributed by atoms with Crippen LogP contribution in [-0.4, -0.2) is 0 Å². The minimum Gasteiger partial charge on any atom is -0.192 e. The summed E-state index contributed by atoms with van der Waals surface area (Å²) in [7, 11) is 0. The van der Waals surface area contributed by atoms with Gasteiger partial charge in [0.25, 0.3) is 0 Å². The minimum absolute atomic E-state index is 0.187. The van der Waals surface area contributed by atoms with Crippen molar-refractivity contribution in [1.29, 1.82) is 10.5 Å². The van der Waals surface area contributed by atoms with E-state index in [1.165, 1.54) is 66.8 Å². The van der Waals surface area contributed by atoms with Crippen molar-refractivity contribution < 1.29 is 0 Å². The third-order valence-corrected chi connectivity index (χ3v) is 11.0. The van der Waals surface area contributed by atoms with Crippen molar-refractivity contribution in [3.05, 3.63) is 129 Å². The SMILES string of the molecule is CC1(C)c2cc3c(cc2-c2c1cc(C#N)c1ccccc21)-c1cc2c(cc1CC3)C(C)(C)c1cc(C#N)c3ccccc3c1-2. The van der Waals surface area contributed by atoms with Gasteiger partial charge in [0.05, 0.1) is 23.3 Å². The van der Waals surface area contributed by atoms with Gasteiger partial charge in [-0.05, 0) is 115 Å². The Morgan fingerprint density at radius 1 is 0.477 bits per heavy atom. The van der Waals surface area contributed by atoms with Gasteiger partial charge >= 0.3 is 0 Å². The van der Waals surface area contributed by atoms with Crippen LogP contribution in [0.3, 0.4) is 0 Å². The van der Waals surface area contributed by atoms with Crippen molar-refractivity contribution in [3.8, 4) is 45.5 Å². The zero-order valence-electron chi connectivity index (χ0n) is 25.4. The van der Waals surface area contributed by atoms with Gasteiger partial charge in [-0.3, -0.25) is 0 Å². The number of fused-ring (bicyclic) bond motifs is 13. The fraction of sp³-hybridized carbons (Fsp3) is 0.190. The van der Waals surface area contributed by atoms with Gasteiger partial charge in [0, 0.05) is 21.6 Å². The van der Waals surface area contributed by atoms with Crippen LogP contribution in [0.4, 0.5) is 0 Å². The Morgan fingerprint density at radius 3 is 1.25 bits per heavy atom. The predicted octanol–water partition coefficient (Wildman–Crippen LogP) is 10.1. The Hall–Kier alpha value is -5.18. The molecule has 6 aromatic carbocycles. The van der Waals surface area contributed by atoms with Crippen LogP contribution in [0.5, 0.6) is 0 Å². The van der Waals surface area contributed by atoms with Crippen LogP contribution in [0.2, 0.25) is 0 Å². The minimum atomic E-state index is -0.187. The van der Waals surface area contributed by atoms with E-state index in [-0.39, 0.29) is 10.8 Å². The first-order chi connectivity index (χ1) is 21.2. The molecular weight excluding hydrogens is 532 g/mol. The maximum absolute atomic E-state index is 10.0. The topological polar surface area (TPSA) is 47.6 Å². The van der Waals surface area contributed by atoms with Crippen LogP contribution in [0.15, 0.2) is 84.9 Å². The van der Waals surface area contributed by atoms with Crippen molar-refractivity contribution in [2.45, 2.75) is 51.4 Å². The first kappa shape index (κ1) is 25.3. The molecule has 9 rings (SSSR count). The summed E-state index contributed by atoms with van der Waals surface area (Å²) in [4.78, 5) is 0. The smallest absolute Gasteiger partial charge is 0.0998 e. The summed E-state index contributed by atoms with van der Waals surface area (Å²) < 4.78 is 0. The third kappa shape index (κ3) is 2.98. The van der Waals surface area contributed by atoms with E-state index in [0.717, 1.165) is 45.5 Å². The molecule has 0 amide bonds. The van der Waals surface area contributed by atoms with Crippen molar-refractivity contribution >= 4 is 21.5 Å². The molecule has 3 aliphatic rings. The second-order valence-corrected chi connectivity index (χ2v) is 13.9. The van der Waals surface area contributed by atoms with Crippen molar-refractivity contribution in [2.75, 3.05) is 0 Å². The van der Waals surface area contributed by atoms with Gasteiger partial charge in [0.2, 0.25) is 0 Å². The van der Waals surface area contributed by atoms with Gasteiger partial charge < -0.3 is 0 Å². The lowest BCUT2D eigenvalue weighted by Crippen LogP contribution is -2.17. The molecule has 208 valence electrons. The summed E-state index contributed by atoms with van der Waals surface area (Å²) in [5.41, 5.74) is 16.9. The van der Waals surface area contributed by atoms with Crippen LogP contribution in [-0.2, 0) is 23.7 Å². The molecule has 0 saturated carbocycles. The summed E-state index contributed by atoms with van der Waals surface area (Å²) >= 11 is 0. The first-order valence-corrected chi connectivity index (χ1v) is 15.5. The standard InChI is InChI=1S/C42H30N2/c1-41(2)35-15-23-13-14-24-16-36-34(40-30-12-8-6-10-28(30)26(22-44)18-38(40)42(36,3)4)20-32(24)31(23)19-33(35)39-29-11-7-5-9-27(29)25(21-43)17-37(39)41/h5-12,15-20H,13-14H2,1-4H3. The van der Waals surface area contributed by atoms with Gasteiger partial charge in [-0.15, -0.1) is 0 Å². The van der Waals surface area contributed by atoms with E-state index >= 15 is 0 Å². The highest BCUT2D eigenvalue weighted by molar-refractivity contribution is 6.07. The zero-order valence-corrected chi connectivity index (χ0v) is 25.4. The van der Waals surface area contributed by atoms with Gasteiger partial charge in [-0.25, -0.2) is 0 Å². The number of nitrogens with zero attached hydrogens (tertiary/aromatic N) is 2. The summed E-state index contributed by atoms with van der Waals surface area (Å²) in [5.74, 6) is 0. The third-order valence-electron chi connectivity index (χ3n) is 11.0. The average molecular weight is 563 g/mol. The predicted molar refractivity (Wildman–Crippen MR) is 179 cm³/mol. The van der Waals surface area contributed by atoms with Gasteiger partial charge in [0.15, 0.2) is 0 Å². The van der Waals surface area contributed by atoms with Crippen molar-refractivity contribution in [1.82, 2.24) is 0 Å². The average Bonchev–Trinajstić information content (AvgIpc) is 3.40. The number of hydrogen-bond acceptors (Lipinski definition) is 2. The maximum Gasteiger partial charge on any atom is 0.0998 e. The highest BCUT2D eigenvalue weighted by Crippen LogP contribution is 2.57. The molecule has 0 aromatic heterocycles. The Bertz CT molecular complexity index is 2230. The molecule has 0 atom stereocenters. The molecule has 0 saturated heterocycles. The molecule has 0 radical (unpaired) electrons. The van der Waals surface area contributed by atoms with Crippen LogP contribution in [0.25, 0.3) is 54.9 Å². The largest absolute Gasteiger partial charge is 0.192 e. The lowest BCUT2D eigenvalue weighted by Gasteiger charge is -2.27. The van der Waals surface area contributed by atoms with Crippen LogP contribution in [0, 0.1) is 22.7 Å². The van der Waals surface area contributed by atoms with Crippen LogP contribution < -0.4 is 0 Å². The highest BCUT2D eigenvalue weighted by atomic mass is 14.4. The molecule has 0 fully saturated rings. The second kappa shape index (κ2) is 8.25. The Kier molecular flexibility index (Phi) is 4.75. The number of rotatable bonds is 0. The quantitative estimate of drug-likeness (QED) is 0.185. The van der Waals surface area contributed by atoms with E-state index in [1.54, 1.807) is 0 Å². The Morgan fingerprint density at radius 2 is 0.864 bits per heavy atom. The number of aryl methyl sites for hydroxylation is 2. The molecule has 0 unspecified atom stereocenters. The molecule has 44 heavy (non-hydrogen) atoms. The lowest BCUT2D eigenvalue weighted by atomic mass is 9.76. The fourth-order valence-electron chi connectivity index (χ4n) is 8.71. The molecule has 0 aliphatic heterocycles. The van der Waals surface area contributed by atoms with Gasteiger partial charge in [-0.1, -0.05) is 88.4 Å². The molecule has 2 nitrogen and oxygen atoms in total. The Balaban J connectivity index is 1.33. The summed E-state index contributed by atoms with van der Waals surface area (Å²) in [6.07, 6.45) is 2.03. The molecule has 0 heterocycles. The molecule has 6 aromatic rings. The molecule has 0 spiro atoms. The summed E-state index contributed by atoms with van der Waals surface area (Å²) in [6, 6.07) is 35.8. The van der Waals surface area contributed by atoms with Crippen LogP contribution >= 0.6 is 0 Å². The van der Waals surface area contributed by atoms with Crippen molar-refractivity contribution in [2.24, 2.45) is 0 Å². The van der Waals surface area contributed by atoms with E-state index in [2.05, 4.69) is 113 Å². The summed E-state index contributed by atoms with van der Waals surface area (Å²) in [5, 5.41) is 24.5. The molecule has 3 aliphatic carbocycles. The van der Waals surface area contributed by atoms with Gasteiger partial charge in [-0.2, -0.15) is 10.5 Å². The fourth-order valence-corrected chi connectivity index (χ4v) is 8.71.